The van der Waals surface area contributed by atoms with Crippen LogP contribution in [0.5, 0.6) is 0 Å². The van der Waals surface area contributed by atoms with E-state index in [1.165, 1.54) is 11.3 Å². The smallest absolute Gasteiger partial charge is 0.272 e. The molecule has 29 heavy (non-hydrogen) atoms. The number of hydrogen-bond acceptors (Lipinski definition) is 7. The van der Waals surface area contributed by atoms with Crippen molar-refractivity contribution in [1.29, 1.82) is 0 Å². The van der Waals surface area contributed by atoms with Gasteiger partial charge in [0.05, 0.1) is 12.1 Å². The van der Waals surface area contributed by atoms with Crippen molar-refractivity contribution in [1.82, 2.24) is 29.8 Å². The van der Waals surface area contributed by atoms with E-state index in [4.69, 9.17) is 0 Å². The van der Waals surface area contributed by atoms with E-state index >= 15 is 0 Å². The number of rotatable bonds is 9. The highest BCUT2D eigenvalue weighted by molar-refractivity contribution is 7.99. The summed E-state index contributed by atoms with van der Waals surface area (Å²) in [7, 11) is 0. The minimum absolute atomic E-state index is 0.0708. The van der Waals surface area contributed by atoms with E-state index in [9.17, 15) is 4.79 Å². The van der Waals surface area contributed by atoms with Crippen LogP contribution in [0.3, 0.4) is 0 Å². The average molecular weight is 427 g/mol. The molecule has 3 aromatic heterocycles. The lowest BCUT2D eigenvalue weighted by molar-refractivity contribution is 0.486. The molecule has 0 aliphatic rings. The summed E-state index contributed by atoms with van der Waals surface area (Å²) >= 11 is 3.12. The fraction of sp³-hybridized carbons (Fsp3) is 0.350. The Morgan fingerprint density at radius 1 is 1.10 bits per heavy atom. The summed E-state index contributed by atoms with van der Waals surface area (Å²) in [6.45, 7) is 3.38. The topological polar surface area (TPSA) is 78.5 Å². The van der Waals surface area contributed by atoms with Crippen LogP contribution in [0.2, 0.25) is 0 Å². The van der Waals surface area contributed by atoms with Gasteiger partial charge in [0.1, 0.15) is 4.70 Å². The van der Waals surface area contributed by atoms with Crippen LogP contribution in [0.1, 0.15) is 26.2 Å². The van der Waals surface area contributed by atoms with Crippen LogP contribution in [0, 0.1) is 0 Å². The van der Waals surface area contributed by atoms with Gasteiger partial charge in [-0.05, 0) is 36.4 Å². The van der Waals surface area contributed by atoms with Crippen LogP contribution in [0.4, 0.5) is 0 Å². The van der Waals surface area contributed by atoms with Crippen LogP contribution < -0.4 is 5.56 Å². The van der Waals surface area contributed by atoms with Crippen LogP contribution in [0.15, 0.2) is 51.7 Å². The molecule has 0 amide bonds. The van der Waals surface area contributed by atoms with Crippen molar-refractivity contribution in [3.05, 3.63) is 52.1 Å². The van der Waals surface area contributed by atoms with Gasteiger partial charge in [-0.2, -0.15) is 4.80 Å². The summed E-state index contributed by atoms with van der Waals surface area (Å²) in [5.74, 6) is 1.59. The van der Waals surface area contributed by atoms with Gasteiger partial charge in [0.2, 0.25) is 5.82 Å². The predicted octanol–water partition coefficient (Wildman–Crippen LogP) is 4.09. The lowest BCUT2D eigenvalue weighted by Gasteiger charge is -2.09. The molecule has 0 saturated carbocycles. The van der Waals surface area contributed by atoms with Crippen molar-refractivity contribution in [2.45, 2.75) is 44.4 Å². The molecular formula is C20H22N6OS2. The quantitative estimate of drug-likeness (QED) is 0.228. The predicted molar refractivity (Wildman–Crippen MR) is 117 cm³/mol. The number of tetrazole rings is 1. The van der Waals surface area contributed by atoms with Gasteiger partial charge in [0.25, 0.3) is 5.56 Å². The van der Waals surface area contributed by atoms with Crippen LogP contribution in [0.25, 0.3) is 21.6 Å². The fourth-order valence-electron chi connectivity index (χ4n) is 3.05. The Labute approximate surface area is 176 Å². The zero-order valence-electron chi connectivity index (χ0n) is 16.2. The fourth-order valence-corrected chi connectivity index (χ4v) is 4.89. The molecule has 0 bridgehead atoms. The number of aromatic nitrogens is 6. The molecule has 7 nitrogen and oxygen atoms in total. The highest BCUT2D eigenvalue weighted by Gasteiger charge is 2.11. The zero-order chi connectivity index (χ0) is 20.1. The molecule has 0 atom stereocenters. The average Bonchev–Trinajstić information content (AvgIpc) is 3.41. The third-order valence-electron chi connectivity index (χ3n) is 4.57. The van der Waals surface area contributed by atoms with Crippen LogP contribution in [-0.4, -0.2) is 35.5 Å². The summed E-state index contributed by atoms with van der Waals surface area (Å²) in [5, 5.41) is 15.4. The van der Waals surface area contributed by atoms with Gasteiger partial charge in [-0.15, -0.1) is 21.5 Å². The van der Waals surface area contributed by atoms with Crippen molar-refractivity contribution < 1.29 is 0 Å². The summed E-state index contributed by atoms with van der Waals surface area (Å²) in [6, 6.07) is 11.8. The van der Waals surface area contributed by atoms with Gasteiger partial charge >= 0.3 is 0 Å². The molecule has 3 heterocycles. The molecule has 0 aliphatic carbocycles. The van der Waals surface area contributed by atoms with E-state index in [-0.39, 0.29) is 5.56 Å². The number of thiophene rings is 1. The lowest BCUT2D eigenvalue weighted by atomic mass is 10.2. The molecule has 0 unspecified atom stereocenters. The summed E-state index contributed by atoms with van der Waals surface area (Å²) in [6.07, 6.45) is 3.10. The van der Waals surface area contributed by atoms with Gasteiger partial charge < -0.3 is 0 Å². The first-order chi connectivity index (χ1) is 14.3. The normalized spacial score (nSPS) is 11.3. The number of unbranched alkanes of at least 4 members (excludes halogenated alkanes) is 2. The van der Waals surface area contributed by atoms with Crippen molar-refractivity contribution in [2.75, 3.05) is 5.75 Å². The molecule has 0 radical (unpaired) electrons. The largest absolute Gasteiger partial charge is 0.287 e. The number of benzene rings is 1. The second kappa shape index (κ2) is 9.32. The van der Waals surface area contributed by atoms with Gasteiger partial charge in [0, 0.05) is 17.9 Å². The third-order valence-corrected chi connectivity index (χ3v) is 6.52. The van der Waals surface area contributed by atoms with Crippen molar-refractivity contribution >= 4 is 33.3 Å². The van der Waals surface area contributed by atoms with Crippen LogP contribution >= 0.6 is 23.1 Å². The van der Waals surface area contributed by atoms with E-state index in [1.54, 1.807) is 21.1 Å². The minimum Gasteiger partial charge on any atom is -0.287 e. The molecule has 0 N–H and O–H groups in total. The second-order valence-corrected chi connectivity index (χ2v) is 8.54. The molecule has 0 saturated heterocycles. The molecule has 150 valence electrons. The van der Waals surface area contributed by atoms with Crippen LogP contribution in [-0.2, 0) is 13.1 Å². The highest BCUT2D eigenvalue weighted by Crippen LogP contribution is 2.22. The van der Waals surface area contributed by atoms with Crippen molar-refractivity contribution in [2.24, 2.45) is 0 Å². The van der Waals surface area contributed by atoms with Crippen molar-refractivity contribution in [3.8, 4) is 11.4 Å². The van der Waals surface area contributed by atoms with Crippen molar-refractivity contribution in [3.63, 3.8) is 0 Å². The van der Waals surface area contributed by atoms with Gasteiger partial charge in [0.15, 0.2) is 5.16 Å². The maximum Gasteiger partial charge on any atom is 0.272 e. The first kappa shape index (κ1) is 19.8. The Bertz CT molecular complexity index is 1130. The Kier molecular flexibility index (Phi) is 6.36. The number of hydrogen-bond donors (Lipinski definition) is 0. The molecule has 0 spiro atoms. The highest BCUT2D eigenvalue weighted by atomic mass is 32.2. The number of thioether (sulfide) groups is 1. The molecule has 4 aromatic rings. The minimum atomic E-state index is 0.0708. The molecule has 0 fully saturated rings. The first-order valence-electron chi connectivity index (χ1n) is 9.70. The van der Waals surface area contributed by atoms with E-state index in [0.29, 0.717) is 12.4 Å². The number of fused-ring (bicyclic) bond motifs is 1. The zero-order valence-corrected chi connectivity index (χ0v) is 17.8. The Balaban J connectivity index is 1.25. The summed E-state index contributed by atoms with van der Waals surface area (Å²) < 4.78 is 2.51. The second-order valence-electron chi connectivity index (χ2n) is 6.56. The van der Waals surface area contributed by atoms with E-state index in [0.717, 1.165) is 52.5 Å². The van der Waals surface area contributed by atoms with Gasteiger partial charge in [-0.3, -0.25) is 9.36 Å². The van der Waals surface area contributed by atoms with Gasteiger partial charge in [-0.1, -0.05) is 48.5 Å². The Morgan fingerprint density at radius 3 is 2.79 bits per heavy atom. The number of aryl methyl sites for hydroxylation is 1. The summed E-state index contributed by atoms with van der Waals surface area (Å²) in [4.78, 5) is 18.9. The standard InChI is InChI=1S/C20H22N6OS2/c1-2-25-19(27)17-16(11-14-28-17)21-20(25)29-13-8-4-7-12-26-23-18(22-24-26)15-9-5-3-6-10-15/h3,5-6,9-11,14H,2,4,7-8,12-13H2,1H3. The maximum atomic E-state index is 12.5. The van der Waals surface area contributed by atoms with E-state index in [2.05, 4.69) is 20.4 Å². The molecule has 1 aromatic carbocycles. The molecule has 9 heteroatoms. The summed E-state index contributed by atoms with van der Waals surface area (Å²) in [5.41, 5.74) is 1.85. The molecule has 4 rings (SSSR count). The SMILES string of the molecule is CCn1c(SCCCCCn2nnc(-c3ccccc3)n2)nc2ccsc2c1=O. The maximum absolute atomic E-state index is 12.5. The molecular weight excluding hydrogens is 404 g/mol. The first-order valence-corrected chi connectivity index (χ1v) is 11.6. The van der Waals surface area contributed by atoms with Gasteiger partial charge in [-0.25, -0.2) is 4.98 Å². The third kappa shape index (κ3) is 4.56. The molecule has 0 aliphatic heterocycles. The Morgan fingerprint density at radius 2 is 1.97 bits per heavy atom. The Hall–Kier alpha value is -2.52. The van der Waals surface area contributed by atoms with E-state index in [1.807, 2.05) is 48.7 Å². The monoisotopic (exact) mass is 426 g/mol. The van der Waals surface area contributed by atoms with E-state index < -0.39 is 0 Å². The number of nitrogens with zero attached hydrogens (tertiary/aromatic N) is 6. The lowest BCUT2D eigenvalue weighted by Crippen LogP contribution is -2.21.